The molecule has 0 spiro atoms. The first-order valence-electron chi connectivity index (χ1n) is 9.87. The SMILES string of the molecule is Cn1nc(C(F)(F)F)cc1C(=O)N[C@@H]1CCc2nn(-c3cc(C4CC4)ncc3F)cc21. The van der Waals surface area contributed by atoms with Gasteiger partial charge in [-0.25, -0.2) is 9.07 Å². The van der Waals surface area contributed by atoms with Gasteiger partial charge in [-0.2, -0.15) is 23.4 Å². The molecule has 2 aliphatic carbocycles. The van der Waals surface area contributed by atoms with Crippen LogP contribution in [-0.4, -0.2) is 30.5 Å². The van der Waals surface area contributed by atoms with Gasteiger partial charge in [0.2, 0.25) is 0 Å². The van der Waals surface area contributed by atoms with Crippen molar-refractivity contribution in [3.63, 3.8) is 0 Å². The first-order chi connectivity index (χ1) is 14.7. The molecule has 0 unspecified atom stereocenters. The van der Waals surface area contributed by atoms with Crippen LogP contribution in [0.25, 0.3) is 5.69 Å². The van der Waals surface area contributed by atoms with Crippen molar-refractivity contribution in [2.75, 3.05) is 0 Å². The van der Waals surface area contributed by atoms with Crippen LogP contribution in [0.5, 0.6) is 0 Å². The molecule has 1 atom stereocenters. The van der Waals surface area contributed by atoms with Crippen molar-refractivity contribution in [2.45, 2.75) is 43.8 Å². The van der Waals surface area contributed by atoms with Gasteiger partial charge in [0.1, 0.15) is 11.4 Å². The van der Waals surface area contributed by atoms with E-state index in [0.29, 0.717) is 18.8 Å². The number of aromatic nitrogens is 5. The Morgan fingerprint density at radius 3 is 2.65 bits per heavy atom. The molecule has 3 aromatic heterocycles. The van der Waals surface area contributed by atoms with Gasteiger partial charge in [-0.05, 0) is 31.7 Å². The number of rotatable bonds is 4. The highest BCUT2D eigenvalue weighted by atomic mass is 19.4. The molecule has 11 heteroatoms. The number of nitrogens with one attached hydrogen (secondary N) is 1. The second kappa shape index (κ2) is 6.89. The van der Waals surface area contributed by atoms with Gasteiger partial charge in [-0.15, -0.1) is 0 Å². The fourth-order valence-electron chi connectivity index (χ4n) is 3.89. The van der Waals surface area contributed by atoms with Crippen LogP contribution in [0, 0.1) is 5.82 Å². The van der Waals surface area contributed by atoms with Gasteiger partial charge >= 0.3 is 6.18 Å². The van der Waals surface area contributed by atoms with Crippen LogP contribution in [0.15, 0.2) is 24.5 Å². The number of hydrogen-bond donors (Lipinski definition) is 1. The van der Waals surface area contributed by atoms with E-state index in [4.69, 9.17) is 0 Å². The number of halogens is 4. The summed E-state index contributed by atoms with van der Waals surface area (Å²) in [6, 6.07) is 1.98. The van der Waals surface area contributed by atoms with E-state index < -0.39 is 29.6 Å². The van der Waals surface area contributed by atoms with Crippen molar-refractivity contribution < 1.29 is 22.4 Å². The maximum absolute atomic E-state index is 14.4. The minimum absolute atomic E-state index is 0.192. The number of alkyl halides is 3. The summed E-state index contributed by atoms with van der Waals surface area (Å²) < 4.78 is 55.3. The molecule has 7 nitrogen and oxygen atoms in total. The standard InChI is InChI=1S/C20H18F4N6O/c1-29-17(7-18(28-29)20(22,23)24)19(31)26-13-4-5-14-11(13)9-30(27-14)16-6-15(10-2-3-10)25-8-12(16)21/h6-10,13H,2-5H2,1H3,(H,26,31)/t13-/m1/s1. The number of amides is 1. The number of hydrogen-bond acceptors (Lipinski definition) is 4. The van der Waals surface area contributed by atoms with Crippen LogP contribution in [0.1, 0.15) is 64.4 Å². The molecule has 1 fully saturated rings. The Hall–Kier alpha value is -3.24. The third kappa shape index (κ3) is 3.57. The fourth-order valence-corrected chi connectivity index (χ4v) is 3.89. The van der Waals surface area contributed by atoms with Crippen molar-refractivity contribution in [1.29, 1.82) is 0 Å². The highest BCUT2D eigenvalue weighted by Gasteiger charge is 2.36. The zero-order valence-corrected chi connectivity index (χ0v) is 16.4. The number of nitrogens with zero attached hydrogens (tertiary/aromatic N) is 5. The maximum Gasteiger partial charge on any atom is 0.435 e. The Morgan fingerprint density at radius 2 is 1.97 bits per heavy atom. The van der Waals surface area contributed by atoms with E-state index in [1.807, 2.05) is 0 Å². The number of pyridine rings is 1. The summed E-state index contributed by atoms with van der Waals surface area (Å²) >= 11 is 0. The summed E-state index contributed by atoms with van der Waals surface area (Å²) in [7, 11) is 1.28. The Labute approximate surface area is 174 Å². The molecular formula is C20H18F4N6O. The molecule has 0 bridgehead atoms. The van der Waals surface area contributed by atoms with Gasteiger partial charge in [-0.1, -0.05) is 0 Å². The summed E-state index contributed by atoms with van der Waals surface area (Å²) in [5.74, 6) is -0.808. The van der Waals surface area contributed by atoms with Crippen molar-refractivity contribution in [1.82, 2.24) is 29.9 Å². The molecule has 0 saturated heterocycles. The van der Waals surface area contributed by atoms with Gasteiger partial charge in [0.15, 0.2) is 11.5 Å². The average Bonchev–Trinajstić information content (AvgIpc) is 3.18. The predicted molar refractivity (Wildman–Crippen MR) is 100 cm³/mol. The quantitative estimate of drug-likeness (QED) is 0.638. The molecule has 2 aliphatic rings. The molecule has 1 amide bonds. The van der Waals surface area contributed by atoms with Gasteiger partial charge in [0.25, 0.3) is 5.91 Å². The largest absolute Gasteiger partial charge is 0.435 e. The molecule has 162 valence electrons. The summed E-state index contributed by atoms with van der Waals surface area (Å²) in [5.41, 5.74) is 1.24. The van der Waals surface area contributed by atoms with Crippen LogP contribution in [0.3, 0.4) is 0 Å². The lowest BCUT2D eigenvalue weighted by Gasteiger charge is -2.13. The van der Waals surface area contributed by atoms with Gasteiger partial charge < -0.3 is 5.32 Å². The molecule has 31 heavy (non-hydrogen) atoms. The highest BCUT2D eigenvalue weighted by Crippen LogP contribution is 2.40. The smallest absolute Gasteiger partial charge is 0.344 e. The van der Waals surface area contributed by atoms with Crippen molar-refractivity contribution in [3.05, 3.63) is 58.7 Å². The average molecular weight is 434 g/mol. The van der Waals surface area contributed by atoms with E-state index in [1.165, 1.54) is 17.9 Å². The summed E-state index contributed by atoms with van der Waals surface area (Å²) in [4.78, 5) is 16.7. The van der Waals surface area contributed by atoms with Crippen LogP contribution in [-0.2, 0) is 19.6 Å². The lowest BCUT2D eigenvalue weighted by molar-refractivity contribution is -0.141. The Bertz CT molecular complexity index is 1180. The zero-order valence-electron chi connectivity index (χ0n) is 16.4. The van der Waals surface area contributed by atoms with Crippen LogP contribution < -0.4 is 5.32 Å². The molecule has 0 radical (unpaired) electrons. The molecule has 3 aromatic rings. The van der Waals surface area contributed by atoms with E-state index in [2.05, 4.69) is 20.5 Å². The monoisotopic (exact) mass is 434 g/mol. The zero-order chi connectivity index (χ0) is 21.9. The summed E-state index contributed by atoms with van der Waals surface area (Å²) in [5, 5.41) is 10.6. The molecule has 1 N–H and O–H groups in total. The van der Waals surface area contributed by atoms with Crippen molar-refractivity contribution in [3.8, 4) is 5.69 Å². The summed E-state index contributed by atoms with van der Waals surface area (Å²) in [6.07, 6.45) is 1.40. The number of carbonyl (C=O) groups is 1. The first-order valence-corrected chi connectivity index (χ1v) is 9.87. The first kappa shape index (κ1) is 19.7. The topological polar surface area (TPSA) is 77.6 Å². The fraction of sp³-hybridized carbons (Fsp3) is 0.400. The molecular weight excluding hydrogens is 416 g/mol. The van der Waals surface area contributed by atoms with E-state index in [9.17, 15) is 22.4 Å². The van der Waals surface area contributed by atoms with E-state index in [1.54, 1.807) is 12.3 Å². The van der Waals surface area contributed by atoms with Crippen molar-refractivity contribution in [2.24, 2.45) is 7.05 Å². The molecule has 0 aromatic carbocycles. The molecule has 1 saturated carbocycles. The Kier molecular flexibility index (Phi) is 4.38. The maximum atomic E-state index is 14.4. The number of carbonyl (C=O) groups excluding carboxylic acids is 1. The summed E-state index contributed by atoms with van der Waals surface area (Å²) in [6.45, 7) is 0. The van der Waals surface area contributed by atoms with Gasteiger partial charge in [0.05, 0.1) is 17.9 Å². The van der Waals surface area contributed by atoms with E-state index in [0.717, 1.165) is 40.5 Å². The van der Waals surface area contributed by atoms with Crippen LogP contribution in [0.2, 0.25) is 0 Å². The molecule has 5 rings (SSSR count). The van der Waals surface area contributed by atoms with Crippen LogP contribution >= 0.6 is 0 Å². The second-order valence-electron chi connectivity index (χ2n) is 7.91. The lowest BCUT2D eigenvalue weighted by atomic mass is 10.2. The Morgan fingerprint density at radius 1 is 1.19 bits per heavy atom. The molecule has 0 aliphatic heterocycles. The minimum Gasteiger partial charge on any atom is -0.344 e. The van der Waals surface area contributed by atoms with E-state index in [-0.39, 0.29) is 11.4 Å². The number of fused-ring (bicyclic) bond motifs is 1. The number of aryl methyl sites for hydroxylation is 2. The molecule has 3 heterocycles. The van der Waals surface area contributed by atoms with Crippen molar-refractivity contribution >= 4 is 5.91 Å². The van der Waals surface area contributed by atoms with Gasteiger partial charge in [0, 0.05) is 36.5 Å². The third-order valence-corrected chi connectivity index (χ3v) is 5.68. The lowest BCUT2D eigenvalue weighted by Crippen LogP contribution is -2.28. The van der Waals surface area contributed by atoms with Crippen LogP contribution in [0.4, 0.5) is 17.6 Å². The van der Waals surface area contributed by atoms with E-state index >= 15 is 0 Å². The minimum atomic E-state index is -4.63. The predicted octanol–water partition coefficient (Wildman–Crippen LogP) is 3.45. The highest BCUT2D eigenvalue weighted by molar-refractivity contribution is 5.93. The third-order valence-electron chi connectivity index (χ3n) is 5.68. The Balaban J connectivity index is 1.38. The van der Waals surface area contributed by atoms with Gasteiger partial charge in [-0.3, -0.25) is 14.5 Å². The normalized spacial score (nSPS) is 18.3. The second-order valence-corrected chi connectivity index (χ2v) is 7.91.